The van der Waals surface area contributed by atoms with E-state index in [1.54, 1.807) is 11.3 Å². The molecule has 1 aromatic rings. The minimum atomic E-state index is -0.347. The molecule has 1 unspecified atom stereocenters. The molecule has 0 fully saturated rings. The highest BCUT2D eigenvalue weighted by Crippen LogP contribution is 2.11. The molecule has 0 aliphatic rings. The van der Waals surface area contributed by atoms with E-state index in [1.807, 2.05) is 19.9 Å². The van der Waals surface area contributed by atoms with E-state index in [9.17, 15) is 5.11 Å². The molecule has 0 aliphatic heterocycles. The third-order valence-electron chi connectivity index (χ3n) is 2.24. The average molecular weight is 229 g/mol. The van der Waals surface area contributed by atoms with Gasteiger partial charge in [0.05, 0.1) is 18.8 Å². The second kappa shape index (κ2) is 6.23. The van der Waals surface area contributed by atoms with Crippen molar-refractivity contribution in [1.82, 2.24) is 5.32 Å². The topological polar surface area (TPSA) is 41.5 Å². The number of hydrogen-bond donors (Lipinski definition) is 2. The molecule has 1 atom stereocenters. The number of aliphatic hydroxyl groups excluding tert-OH is 1. The molecule has 3 nitrogen and oxygen atoms in total. The van der Waals surface area contributed by atoms with Gasteiger partial charge in [0.2, 0.25) is 0 Å². The van der Waals surface area contributed by atoms with Crippen LogP contribution in [0.1, 0.15) is 18.7 Å². The molecular formula is C11H19NO2S. The Morgan fingerprint density at radius 2 is 2.40 bits per heavy atom. The normalized spacial score (nSPS) is 15.1. The summed E-state index contributed by atoms with van der Waals surface area (Å²) < 4.78 is 5.34. The fourth-order valence-electron chi connectivity index (χ4n) is 1.19. The van der Waals surface area contributed by atoms with Gasteiger partial charge in [-0.15, -0.1) is 11.3 Å². The Kier molecular flexibility index (Phi) is 5.25. The SMILES string of the molecule is CCOCC(C)(CO)NCc1cccs1. The van der Waals surface area contributed by atoms with Crippen molar-refractivity contribution in [3.8, 4) is 0 Å². The van der Waals surface area contributed by atoms with Crippen LogP contribution in [0.4, 0.5) is 0 Å². The predicted molar refractivity (Wildman–Crippen MR) is 63.1 cm³/mol. The van der Waals surface area contributed by atoms with E-state index in [0.717, 1.165) is 6.54 Å². The summed E-state index contributed by atoms with van der Waals surface area (Å²) in [6.07, 6.45) is 0. The van der Waals surface area contributed by atoms with E-state index in [1.165, 1.54) is 4.88 Å². The summed E-state index contributed by atoms with van der Waals surface area (Å²) in [5, 5.41) is 14.7. The molecule has 0 aliphatic carbocycles. The van der Waals surface area contributed by atoms with Crippen molar-refractivity contribution in [2.24, 2.45) is 0 Å². The number of thiophene rings is 1. The third kappa shape index (κ3) is 4.30. The molecule has 0 spiro atoms. The van der Waals surface area contributed by atoms with Gasteiger partial charge in [-0.3, -0.25) is 0 Å². The van der Waals surface area contributed by atoms with Gasteiger partial charge in [0.25, 0.3) is 0 Å². The number of ether oxygens (including phenoxy) is 1. The Labute approximate surface area is 95.1 Å². The van der Waals surface area contributed by atoms with Crippen molar-refractivity contribution in [3.05, 3.63) is 22.4 Å². The van der Waals surface area contributed by atoms with Crippen molar-refractivity contribution < 1.29 is 9.84 Å². The van der Waals surface area contributed by atoms with Gasteiger partial charge in [0.15, 0.2) is 0 Å². The molecule has 86 valence electrons. The van der Waals surface area contributed by atoms with Crippen molar-refractivity contribution in [2.45, 2.75) is 25.9 Å². The number of aliphatic hydroxyl groups is 1. The first-order valence-corrected chi connectivity index (χ1v) is 6.04. The highest BCUT2D eigenvalue weighted by atomic mass is 32.1. The van der Waals surface area contributed by atoms with Crippen molar-refractivity contribution in [3.63, 3.8) is 0 Å². The summed E-state index contributed by atoms with van der Waals surface area (Å²) in [6.45, 7) is 6.00. The lowest BCUT2D eigenvalue weighted by molar-refractivity contribution is 0.0498. The Hall–Kier alpha value is -0.420. The zero-order valence-electron chi connectivity index (χ0n) is 9.32. The molecule has 1 aromatic heterocycles. The second-order valence-electron chi connectivity index (χ2n) is 3.79. The maximum atomic E-state index is 9.30. The summed E-state index contributed by atoms with van der Waals surface area (Å²) in [6, 6.07) is 4.11. The maximum Gasteiger partial charge on any atom is 0.0668 e. The van der Waals surface area contributed by atoms with Gasteiger partial charge in [-0.05, 0) is 25.3 Å². The second-order valence-corrected chi connectivity index (χ2v) is 4.82. The van der Waals surface area contributed by atoms with Crippen LogP contribution in [-0.4, -0.2) is 30.5 Å². The predicted octanol–water partition coefficient (Wildman–Crippen LogP) is 1.63. The Morgan fingerprint density at radius 1 is 1.60 bits per heavy atom. The molecule has 1 heterocycles. The molecule has 0 bridgehead atoms. The highest BCUT2D eigenvalue weighted by Gasteiger charge is 2.22. The minimum Gasteiger partial charge on any atom is -0.394 e. The molecule has 2 N–H and O–H groups in total. The first-order valence-electron chi connectivity index (χ1n) is 5.16. The van der Waals surface area contributed by atoms with Crippen LogP contribution < -0.4 is 5.32 Å². The Bertz CT molecular complexity index is 264. The lowest BCUT2D eigenvalue weighted by atomic mass is 10.1. The standard InChI is InChI=1S/C11H19NO2S/c1-3-14-9-11(2,8-13)12-7-10-5-4-6-15-10/h4-6,12-13H,3,7-9H2,1-2H3. The van der Waals surface area contributed by atoms with E-state index < -0.39 is 0 Å². The summed E-state index contributed by atoms with van der Waals surface area (Å²) in [5.41, 5.74) is -0.347. The van der Waals surface area contributed by atoms with Crippen LogP contribution in [0.3, 0.4) is 0 Å². The molecule has 1 rings (SSSR count). The van der Waals surface area contributed by atoms with Gasteiger partial charge in [0, 0.05) is 18.0 Å². The quantitative estimate of drug-likeness (QED) is 0.746. The van der Waals surface area contributed by atoms with Crippen LogP contribution in [0.15, 0.2) is 17.5 Å². The molecule has 0 saturated heterocycles. The highest BCUT2D eigenvalue weighted by molar-refractivity contribution is 7.09. The van der Waals surface area contributed by atoms with E-state index in [-0.39, 0.29) is 12.1 Å². The van der Waals surface area contributed by atoms with E-state index >= 15 is 0 Å². The maximum absolute atomic E-state index is 9.30. The fourth-order valence-corrected chi connectivity index (χ4v) is 1.84. The van der Waals surface area contributed by atoms with Crippen molar-refractivity contribution >= 4 is 11.3 Å². The number of hydrogen-bond acceptors (Lipinski definition) is 4. The Morgan fingerprint density at radius 3 is 2.93 bits per heavy atom. The summed E-state index contributed by atoms with van der Waals surface area (Å²) in [7, 11) is 0. The zero-order valence-corrected chi connectivity index (χ0v) is 10.1. The molecule has 4 heteroatoms. The van der Waals surface area contributed by atoms with E-state index in [2.05, 4.69) is 16.8 Å². The largest absolute Gasteiger partial charge is 0.394 e. The van der Waals surface area contributed by atoms with Gasteiger partial charge < -0.3 is 15.2 Å². The molecular weight excluding hydrogens is 210 g/mol. The summed E-state index contributed by atoms with van der Waals surface area (Å²) >= 11 is 1.71. The number of nitrogens with one attached hydrogen (secondary N) is 1. The van der Waals surface area contributed by atoms with Crippen molar-refractivity contribution in [2.75, 3.05) is 19.8 Å². The first-order chi connectivity index (χ1) is 7.20. The van der Waals surface area contributed by atoms with Crippen LogP contribution in [0, 0.1) is 0 Å². The lowest BCUT2D eigenvalue weighted by Gasteiger charge is -2.28. The van der Waals surface area contributed by atoms with E-state index in [0.29, 0.717) is 13.2 Å². The molecule has 15 heavy (non-hydrogen) atoms. The smallest absolute Gasteiger partial charge is 0.0668 e. The Balaban J connectivity index is 2.38. The zero-order chi connectivity index (χ0) is 11.1. The molecule has 0 aromatic carbocycles. The van der Waals surface area contributed by atoms with E-state index in [4.69, 9.17) is 4.74 Å². The number of rotatable bonds is 7. The van der Waals surface area contributed by atoms with Crippen LogP contribution >= 0.6 is 11.3 Å². The van der Waals surface area contributed by atoms with Gasteiger partial charge in [-0.2, -0.15) is 0 Å². The molecule has 0 radical (unpaired) electrons. The van der Waals surface area contributed by atoms with Crippen LogP contribution in [-0.2, 0) is 11.3 Å². The van der Waals surface area contributed by atoms with Gasteiger partial charge >= 0.3 is 0 Å². The molecule has 0 saturated carbocycles. The first kappa shape index (κ1) is 12.6. The fraction of sp³-hybridized carbons (Fsp3) is 0.636. The van der Waals surface area contributed by atoms with Crippen LogP contribution in [0.2, 0.25) is 0 Å². The van der Waals surface area contributed by atoms with Crippen LogP contribution in [0.5, 0.6) is 0 Å². The summed E-state index contributed by atoms with van der Waals surface area (Å²) in [5.74, 6) is 0. The monoisotopic (exact) mass is 229 g/mol. The van der Waals surface area contributed by atoms with Crippen molar-refractivity contribution in [1.29, 1.82) is 0 Å². The molecule has 0 amide bonds. The van der Waals surface area contributed by atoms with Gasteiger partial charge in [-0.25, -0.2) is 0 Å². The van der Waals surface area contributed by atoms with Gasteiger partial charge in [0.1, 0.15) is 0 Å². The minimum absolute atomic E-state index is 0.0817. The summed E-state index contributed by atoms with van der Waals surface area (Å²) in [4.78, 5) is 1.27. The van der Waals surface area contributed by atoms with Gasteiger partial charge in [-0.1, -0.05) is 6.07 Å². The van der Waals surface area contributed by atoms with Crippen LogP contribution in [0.25, 0.3) is 0 Å². The third-order valence-corrected chi connectivity index (χ3v) is 3.12. The average Bonchev–Trinajstić information content (AvgIpc) is 2.76. The lowest BCUT2D eigenvalue weighted by Crippen LogP contribution is -2.49.